The third-order valence-electron chi connectivity index (χ3n) is 1.31. The Morgan fingerprint density at radius 2 is 1.92 bits per heavy atom. The predicted molar refractivity (Wildman–Crippen MR) is 53.5 cm³/mol. The van der Waals surface area contributed by atoms with Crippen LogP contribution in [0.2, 0.25) is 0 Å². The van der Waals surface area contributed by atoms with E-state index in [1.165, 1.54) is 0 Å². The Hall–Kier alpha value is -0.170. The van der Waals surface area contributed by atoms with Crippen LogP contribution in [0.1, 0.15) is 26.7 Å². The molecule has 0 bridgehead atoms. The fourth-order valence-electron chi connectivity index (χ4n) is 0.828. The van der Waals surface area contributed by atoms with Crippen LogP contribution in [0.3, 0.4) is 0 Å². The number of nitrogens with one attached hydrogen (secondary N) is 2. The zero-order valence-electron chi connectivity index (χ0n) is 8.21. The summed E-state index contributed by atoms with van der Waals surface area (Å²) in [5, 5.41) is 0. The minimum absolute atomic E-state index is 0.0768. The Labute approximate surface area is 80.3 Å². The van der Waals surface area contributed by atoms with Gasteiger partial charge >= 0.3 is 0 Å². The van der Waals surface area contributed by atoms with E-state index < -0.39 is 10.2 Å². The lowest BCUT2D eigenvalue weighted by Crippen LogP contribution is -2.40. The van der Waals surface area contributed by atoms with E-state index in [1.807, 2.05) is 0 Å². The van der Waals surface area contributed by atoms with Crippen molar-refractivity contribution in [1.82, 2.24) is 9.44 Å². The quantitative estimate of drug-likeness (QED) is 0.497. The summed E-state index contributed by atoms with van der Waals surface area (Å²) in [7, 11) is -3.30. The average molecular weight is 209 g/mol. The van der Waals surface area contributed by atoms with Crippen molar-refractivity contribution in [3.63, 3.8) is 0 Å². The van der Waals surface area contributed by atoms with E-state index in [4.69, 9.17) is 5.73 Å². The number of hydrogen-bond acceptors (Lipinski definition) is 3. The molecule has 0 aliphatic carbocycles. The van der Waals surface area contributed by atoms with Crippen LogP contribution in [0.25, 0.3) is 0 Å². The normalized spacial score (nSPS) is 12.3. The van der Waals surface area contributed by atoms with E-state index >= 15 is 0 Å². The minimum atomic E-state index is -3.30. The zero-order chi connectivity index (χ0) is 10.3. The van der Waals surface area contributed by atoms with Gasteiger partial charge in [-0.1, -0.05) is 0 Å². The molecule has 0 aromatic heterocycles. The number of rotatable bonds is 7. The van der Waals surface area contributed by atoms with E-state index in [1.54, 1.807) is 13.8 Å². The summed E-state index contributed by atoms with van der Waals surface area (Å²) in [6, 6.07) is -0.0768. The average Bonchev–Trinajstić information content (AvgIpc) is 1.95. The van der Waals surface area contributed by atoms with Crippen molar-refractivity contribution in [2.45, 2.75) is 32.7 Å². The maximum absolute atomic E-state index is 11.2. The molecule has 0 aliphatic rings. The van der Waals surface area contributed by atoms with Crippen LogP contribution < -0.4 is 15.2 Å². The van der Waals surface area contributed by atoms with Gasteiger partial charge in [0.25, 0.3) is 10.2 Å². The molecule has 0 saturated carbocycles. The topological polar surface area (TPSA) is 84.2 Å². The van der Waals surface area contributed by atoms with Crippen LogP contribution in [0.4, 0.5) is 0 Å². The molecule has 0 unspecified atom stereocenters. The monoisotopic (exact) mass is 209 g/mol. The molecule has 0 aromatic carbocycles. The highest BCUT2D eigenvalue weighted by Gasteiger charge is 2.09. The number of hydrogen-bond donors (Lipinski definition) is 3. The van der Waals surface area contributed by atoms with Crippen LogP contribution in [-0.2, 0) is 10.2 Å². The third kappa shape index (κ3) is 8.17. The molecule has 0 radical (unpaired) electrons. The lowest BCUT2D eigenvalue weighted by molar-refractivity contribution is 0.551. The van der Waals surface area contributed by atoms with E-state index in [0.717, 1.165) is 12.8 Å². The van der Waals surface area contributed by atoms with Crippen molar-refractivity contribution >= 4 is 10.2 Å². The van der Waals surface area contributed by atoms with E-state index in [-0.39, 0.29) is 6.04 Å². The molecule has 5 nitrogen and oxygen atoms in total. The zero-order valence-corrected chi connectivity index (χ0v) is 9.02. The van der Waals surface area contributed by atoms with Crippen LogP contribution in [0.5, 0.6) is 0 Å². The van der Waals surface area contributed by atoms with Crippen LogP contribution in [0.15, 0.2) is 0 Å². The second-order valence-corrected chi connectivity index (χ2v) is 4.70. The molecule has 0 aliphatic heterocycles. The first kappa shape index (κ1) is 12.8. The Morgan fingerprint density at radius 3 is 2.38 bits per heavy atom. The van der Waals surface area contributed by atoms with Crippen molar-refractivity contribution in [3.05, 3.63) is 0 Å². The summed E-state index contributed by atoms with van der Waals surface area (Å²) in [6.07, 6.45) is 1.61. The van der Waals surface area contributed by atoms with Crippen molar-refractivity contribution in [2.75, 3.05) is 13.1 Å². The van der Waals surface area contributed by atoms with Gasteiger partial charge in [0.2, 0.25) is 0 Å². The van der Waals surface area contributed by atoms with Gasteiger partial charge in [-0.2, -0.15) is 13.1 Å². The highest BCUT2D eigenvalue weighted by atomic mass is 32.2. The summed E-state index contributed by atoms with van der Waals surface area (Å²) in [4.78, 5) is 0. The molecule has 0 fully saturated rings. The molecule has 0 spiro atoms. The Kier molecular flexibility index (Phi) is 6.23. The van der Waals surface area contributed by atoms with Gasteiger partial charge in [-0.15, -0.1) is 0 Å². The first-order valence-electron chi connectivity index (χ1n) is 4.45. The molecule has 0 saturated heterocycles. The maximum atomic E-state index is 11.2. The Balaban J connectivity index is 3.64. The van der Waals surface area contributed by atoms with E-state index in [2.05, 4.69) is 9.44 Å². The van der Waals surface area contributed by atoms with Gasteiger partial charge in [-0.3, -0.25) is 0 Å². The van der Waals surface area contributed by atoms with Gasteiger partial charge in [0.15, 0.2) is 0 Å². The molecule has 13 heavy (non-hydrogen) atoms. The molecule has 6 heteroatoms. The molecule has 0 aromatic rings. The summed E-state index contributed by atoms with van der Waals surface area (Å²) < 4.78 is 27.2. The summed E-state index contributed by atoms with van der Waals surface area (Å²) in [6.45, 7) is 4.59. The highest BCUT2D eigenvalue weighted by Crippen LogP contribution is 1.87. The van der Waals surface area contributed by atoms with Crippen LogP contribution >= 0.6 is 0 Å². The number of nitrogens with two attached hydrogens (primary N) is 1. The van der Waals surface area contributed by atoms with Gasteiger partial charge in [0, 0.05) is 12.6 Å². The molecular weight excluding hydrogens is 190 g/mol. The van der Waals surface area contributed by atoms with Crippen LogP contribution in [-0.4, -0.2) is 27.5 Å². The number of unbranched alkanes of at least 4 members (excludes halogenated alkanes) is 1. The summed E-state index contributed by atoms with van der Waals surface area (Å²) in [5.41, 5.74) is 5.27. The van der Waals surface area contributed by atoms with Crippen molar-refractivity contribution < 1.29 is 8.42 Å². The van der Waals surface area contributed by atoms with Crippen molar-refractivity contribution in [1.29, 1.82) is 0 Å². The van der Waals surface area contributed by atoms with Gasteiger partial charge in [0.1, 0.15) is 0 Å². The fourth-order valence-corrected chi connectivity index (χ4v) is 1.94. The van der Waals surface area contributed by atoms with Gasteiger partial charge in [-0.25, -0.2) is 4.72 Å². The first-order chi connectivity index (χ1) is 5.98. The SMILES string of the molecule is CC(C)NS(=O)(=O)NCCCCN. The van der Waals surface area contributed by atoms with Crippen LogP contribution in [0, 0.1) is 0 Å². The molecule has 80 valence electrons. The minimum Gasteiger partial charge on any atom is -0.330 e. The molecule has 0 atom stereocenters. The van der Waals surface area contributed by atoms with Gasteiger partial charge < -0.3 is 5.73 Å². The van der Waals surface area contributed by atoms with E-state index in [0.29, 0.717) is 13.1 Å². The van der Waals surface area contributed by atoms with Crippen molar-refractivity contribution in [2.24, 2.45) is 5.73 Å². The molecule has 0 heterocycles. The third-order valence-corrected chi connectivity index (χ3v) is 2.68. The van der Waals surface area contributed by atoms with Crippen molar-refractivity contribution in [3.8, 4) is 0 Å². The van der Waals surface area contributed by atoms with E-state index in [9.17, 15) is 8.42 Å². The first-order valence-corrected chi connectivity index (χ1v) is 5.93. The van der Waals surface area contributed by atoms with Gasteiger partial charge in [-0.05, 0) is 33.2 Å². The predicted octanol–water partition coefficient (Wildman–Crippen LogP) is -0.442. The molecule has 0 rings (SSSR count). The maximum Gasteiger partial charge on any atom is 0.277 e. The highest BCUT2D eigenvalue weighted by molar-refractivity contribution is 7.87. The second kappa shape index (κ2) is 6.31. The molecule has 4 N–H and O–H groups in total. The largest absolute Gasteiger partial charge is 0.330 e. The molecular formula is C7H19N3O2S. The summed E-state index contributed by atoms with van der Waals surface area (Å²) in [5.74, 6) is 0. The molecule has 0 amide bonds. The Bertz CT molecular complexity index is 214. The summed E-state index contributed by atoms with van der Waals surface area (Å²) >= 11 is 0. The fraction of sp³-hybridized carbons (Fsp3) is 1.00. The van der Waals surface area contributed by atoms with Gasteiger partial charge in [0.05, 0.1) is 0 Å². The second-order valence-electron chi connectivity index (χ2n) is 3.17. The Morgan fingerprint density at radius 1 is 1.31 bits per heavy atom. The lowest BCUT2D eigenvalue weighted by atomic mass is 10.3. The lowest BCUT2D eigenvalue weighted by Gasteiger charge is -2.09. The standard InChI is InChI=1S/C7H19N3O2S/c1-7(2)10-13(11,12)9-6-4-3-5-8/h7,9-10H,3-6,8H2,1-2H3. The smallest absolute Gasteiger partial charge is 0.277 e.